The molecule has 0 atom stereocenters. The Balaban J connectivity index is 2.85. The highest BCUT2D eigenvalue weighted by Crippen LogP contribution is 2.30. The van der Waals surface area contributed by atoms with Crippen LogP contribution in [0.5, 0.6) is 0 Å². The summed E-state index contributed by atoms with van der Waals surface area (Å²) < 4.78 is 0. The molecule has 22 heavy (non-hydrogen) atoms. The summed E-state index contributed by atoms with van der Waals surface area (Å²) in [6.45, 7) is -0.456. The number of carboxylic acid groups (broad SMARTS) is 1. The zero-order valence-electron chi connectivity index (χ0n) is 11.5. The number of nitrogens with two attached hydrogens (primary N) is 1. The van der Waals surface area contributed by atoms with E-state index in [1.54, 1.807) is 0 Å². The number of aliphatic carboxylic acids is 1. The summed E-state index contributed by atoms with van der Waals surface area (Å²) in [7, 11) is 1.32. The van der Waals surface area contributed by atoms with Gasteiger partial charge in [-0.15, -0.1) is 11.8 Å². The van der Waals surface area contributed by atoms with Crippen LogP contribution < -0.4 is 5.73 Å². The molecular formula is C12H13N3O6S. The molecule has 0 aliphatic heterocycles. The lowest BCUT2D eigenvalue weighted by Crippen LogP contribution is -2.33. The van der Waals surface area contributed by atoms with E-state index in [4.69, 9.17) is 10.8 Å². The number of carbonyl (C=O) groups excluding carboxylic acids is 2. The Hall–Kier alpha value is -2.62. The average Bonchev–Trinajstić information content (AvgIpc) is 2.43. The van der Waals surface area contributed by atoms with Gasteiger partial charge < -0.3 is 15.7 Å². The molecule has 2 amide bonds. The molecule has 0 spiro atoms. The lowest BCUT2D eigenvalue weighted by molar-refractivity contribution is -0.387. The van der Waals surface area contributed by atoms with Crippen molar-refractivity contribution in [2.24, 2.45) is 5.73 Å². The number of nitro groups is 1. The fourth-order valence-corrected chi connectivity index (χ4v) is 2.42. The first-order valence-corrected chi connectivity index (χ1v) is 6.87. The number of rotatable bonds is 7. The number of nitro benzene ring substituents is 1. The molecule has 1 aromatic rings. The van der Waals surface area contributed by atoms with Gasteiger partial charge in [-0.2, -0.15) is 0 Å². The summed E-state index contributed by atoms with van der Waals surface area (Å²) in [5, 5.41) is 19.6. The van der Waals surface area contributed by atoms with E-state index in [9.17, 15) is 24.5 Å². The van der Waals surface area contributed by atoms with Crippen molar-refractivity contribution in [3.8, 4) is 0 Å². The summed E-state index contributed by atoms with van der Waals surface area (Å²) in [6.07, 6.45) is 0. The topological polar surface area (TPSA) is 144 Å². The molecule has 0 aromatic heterocycles. The number of likely N-dealkylation sites (N-methyl/N-ethyl adjacent to an activating group) is 1. The van der Waals surface area contributed by atoms with Gasteiger partial charge in [-0.05, 0) is 12.1 Å². The Morgan fingerprint density at radius 1 is 1.41 bits per heavy atom. The molecular weight excluding hydrogens is 314 g/mol. The molecule has 118 valence electrons. The fourth-order valence-electron chi connectivity index (χ4n) is 1.48. The summed E-state index contributed by atoms with van der Waals surface area (Å²) in [5.41, 5.74) is 4.71. The number of thioether (sulfide) groups is 1. The smallest absolute Gasteiger partial charge is 0.323 e. The number of benzene rings is 1. The third kappa shape index (κ3) is 4.74. The van der Waals surface area contributed by atoms with Crippen molar-refractivity contribution in [3.05, 3.63) is 33.9 Å². The van der Waals surface area contributed by atoms with Gasteiger partial charge in [0.25, 0.3) is 5.69 Å². The van der Waals surface area contributed by atoms with Crippen LogP contribution in [-0.2, 0) is 9.59 Å². The highest BCUT2D eigenvalue weighted by atomic mass is 32.2. The summed E-state index contributed by atoms with van der Waals surface area (Å²) >= 11 is 0.881. The van der Waals surface area contributed by atoms with Crippen LogP contribution in [0.1, 0.15) is 10.4 Å². The van der Waals surface area contributed by atoms with Gasteiger partial charge >= 0.3 is 5.97 Å². The Bertz CT molecular complexity index is 633. The molecule has 0 bridgehead atoms. The molecule has 1 aromatic carbocycles. The quantitative estimate of drug-likeness (QED) is 0.417. The van der Waals surface area contributed by atoms with E-state index in [-0.39, 0.29) is 21.9 Å². The number of primary amides is 1. The number of nitrogens with zero attached hydrogens (tertiary/aromatic N) is 2. The number of carbonyl (C=O) groups is 3. The minimum atomic E-state index is -1.15. The maximum absolute atomic E-state index is 11.7. The van der Waals surface area contributed by atoms with Gasteiger partial charge in [0, 0.05) is 18.7 Å². The molecule has 0 radical (unpaired) electrons. The zero-order chi connectivity index (χ0) is 16.9. The summed E-state index contributed by atoms with van der Waals surface area (Å²) in [5.74, 6) is -2.60. The number of carboxylic acids is 1. The molecule has 0 aliphatic carbocycles. The van der Waals surface area contributed by atoms with E-state index in [0.717, 1.165) is 22.7 Å². The molecule has 0 unspecified atom stereocenters. The molecule has 0 fully saturated rings. The summed E-state index contributed by atoms with van der Waals surface area (Å²) in [4.78, 5) is 44.7. The Labute approximate surface area is 129 Å². The van der Waals surface area contributed by atoms with Gasteiger partial charge in [0.05, 0.1) is 15.6 Å². The maximum atomic E-state index is 11.7. The highest BCUT2D eigenvalue weighted by Gasteiger charge is 2.19. The molecule has 0 heterocycles. The molecule has 0 aliphatic rings. The van der Waals surface area contributed by atoms with Gasteiger partial charge in [-0.25, -0.2) is 0 Å². The standard InChI is InChI=1S/C12H13N3O6S/c1-14(5-11(17)18)10(16)6-22-9-3-2-7(12(13)19)4-8(9)15(20)21/h2-4H,5-6H2,1H3,(H2,13,19)(H,17,18). The molecule has 9 nitrogen and oxygen atoms in total. The average molecular weight is 327 g/mol. The third-order valence-electron chi connectivity index (χ3n) is 2.59. The van der Waals surface area contributed by atoms with Gasteiger partial charge in [0.15, 0.2) is 0 Å². The molecule has 0 saturated heterocycles. The Morgan fingerprint density at radius 2 is 2.05 bits per heavy atom. The Morgan fingerprint density at radius 3 is 2.55 bits per heavy atom. The van der Waals surface area contributed by atoms with Crippen molar-refractivity contribution < 1.29 is 24.4 Å². The normalized spacial score (nSPS) is 10.0. The van der Waals surface area contributed by atoms with E-state index < -0.39 is 29.3 Å². The first-order valence-electron chi connectivity index (χ1n) is 5.89. The van der Waals surface area contributed by atoms with Crippen molar-refractivity contribution >= 4 is 35.2 Å². The van der Waals surface area contributed by atoms with Gasteiger partial charge in [-0.1, -0.05) is 0 Å². The number of hydrogen-bond donors (Lipinski definition) is 2. The fraction of sp³-hybridized carbons (Fsp3) is 0.250. The van der Waals surface area contributed by atoms with Crippen LogP contribution in [0.25, 0.3) is 0 Å². The van der Waals surface area contributed by atoms with E-state index >= 15 is 0 Å². The number of hydrogen-bond acceptors (Lipinski definition) is 6. The van der Waals surface area contributed by atoms with Crippen molar-refractivity contribution in [1.29, 1.82) is 0 Å². The SMILES string of the molecule is CN(CC(=O)O)C(=O)CSc1ccc(C(N)=O)cc1[N+](=O)[O-]. The summed E-state index contributed by atoms with van der Waals surface area (Å²) in [6, 6.07) is 3.69. The minimum absolute atomic E-state index is 0.00892. The van der Waals surface area contributed by atoms with Crippen LogP contribution in [-0.4, -0.2) is 52.1 Å². The van der Waals surface area contributed by atoms with E-state index in [0.29, 0.717) is 0 Å². The second-order valence-corrected chi connectivity index (χ2v) is 5.25. The van der Waals surface area contributed by atoms with Crippen LogP contribution in [0.2, 0.25) is 0 Å². The predicted octanol–water partition coefficient (Wildman–Crippen LogP) is 0.329. The molecule has 10 heteroatoms. The van der Waals surface area contributed by atoms with E-state index in [1.165, 1.54) is 19.2 Å². The van der Waals surface area contributed by atoms with Crippen molar-refractivity contribution in [3.63, 3.8) is 0 Å². The van der Waals surface area contributed by atoms with Crippen molar-refractivity contribution in [1.82, 2.24) is 4.90 Å². The van der Waals surface area contributed by atoms with Crippen LogP contribution in [0, 0.1) is 10.1 Å². The number of amides is 2. The van der Waals surface area contributed by atoms with Crippen LogP contribution >= 0.6 is 11.8 Å². The van der Waals surface area contributed by atoms with Gasteiger partial charge in [0.2, 0.25) is 11.8 Å². The van der Waals surface area contributed by atoms with Crippen molar-refractivity contribution in [2.45, 2.75) is 4.90 Å². The third-order valence-corrected chi connectivity index (χ3v) is 3.64. The van der Waals surface area contributed by atoms with Crippen LogP contribution in [0.4, 0.5) is 5.69 Å². The predicted molar refractivity (Wildman–Crippen MR) is 77.6 cm³/mol. The Kier molecular flexibility index (Phi) is 5.87. The maximum Gasteiger partial charge on any atom is 0.323 e. The second-order valence-electron chi connectivity index (χ2n) is 4.24. The van der Waals surface area contributed by atoms with Gasteiger partial charge in [0.1, 0.15) is 6.54 Å². The largest absolute Gasteiger partial charge is 0.480 e. The molecule has 3 N–H and O–H groups in total. The first-order chi connectivity index (χ1) is 10.2. The zero-order valence-corrected chi connectivity index (χ0v) is 12.3. The first kappa shape index (κ1) is 17.4. The lowest BCUT2D eigenvalue weighted by atomic mass is 10.2. The van der Waals surface area contributed by atoms with E-state index in [1.807, 2.05) is 0 Å². The van der Waals surface area contributed by atoms with Gasteiger partial charge in [-0.3, -0.25) is 24.5 Å². The minimum Gasteiger partial charge on any atom is -0.480 e. The molecule has 0 saturated carbocycles. The van der Waals surface area contributed by atoms with E-state index in [2.05, 4.69) is 0 Å². The monoisotopic (exact) mass is 327 g/mol. The highest BCUT2D eigenvalue weighted by molar-refractivity contribution is 8.00. The lowest BCUT2D eigenvalue weighted by Gasteiger charge is -2.14. The van der Waals surface area contributed by atoms with Crippen LogP contribution in [0.3, 0.4) is 0 Å². The second kappa shape index (κ2) is 7.41. The van der Waals surface area contributed by atoms with Crippen LogP contribution in [0.15, 0.2) is 23.1 Å². The molecule has 1 rings (SSSR count). The van der Waals surface area contributed by atoms with Crippen molar-refractivity contribution in [2.75, 3.05) is 19.3 Å².